The molecular weight excluding hydrogens is 405 g/mol. The Bertz CT molecular complexity index is 1030. The molecule has 9 heteroatoms. The van der Waals surface area contributed by atoms with Crippen LogP contribution in [0.5, 0.6) is 23.0 Å². The van der Waals surface area contributed by atoms with Crippen LogP contribution in [0.25, 0.3) is 10.9 Å². The fourth-order valence-corrected chi connectivity index (χ4v) is 2.90. The maximum Gasteiger partial charge on any atom is 0.244 e. The number of pyridine rings is 1. The summed E-state index contributed by atoms with van der Waals surface area (Å²) in [5, 5.41) is 12.2. The van der Waals surface area contributed by atoms with Gasteiger partial charge in [-0.25, -0.2) is 9.87 Å². The van der Waals surface area contributed by atoms with E-state index >= 15 is 0 Å². The molecule has 0 bridgehead atoms. The number of aromatic nitrogens is 1. The van der Waals surface area contributed by atoms with Crippen LogP contribution in [0.3, 0.4) is 0 Å². The van der Waals surface area contributed by atoms with Crippen molar-refractivity contribution in [1.82, 2.24) is 15.8 Å². The molecule has 3 aromatic rings. The van der Waals surface area contributed by atoms with Gasteiger partial charge in [-0.2, -0.15) is 0 Å². The van der Waals surface area contributed by atoms with Crippen molar-refractivity contribution in [2.45, 2.75) is 12.8 Å². The standard InChI is InChI=1S/C22H24FN3O5/c1-29-20-13-15-17(14-21(20)30-12-4-9-24-10-8-22(27)26-28)25-11-7-18(15)31-19-6-3-2-5-16(19)23/h2-3,5-7,11,13-14,24,28H,4,8-10,12H2,1H3,(H,26,27). The fraction of sp³-hybridized carbons (Fsp3) is 0.273. The van der Waals surface area contributed by atoms with E-state index in [1.807, 2.05) is 0 Å². The molecule has 8 nitrogen and oxygen atoms in total. The number of hydroxylamine groups is 1. The smallest absolute Gasteiger partial charge is 0.244 e. The predicted octanol–water partition coefficient (Wildman–Crippen LogP) is 3.43. The molecule has 3 rings (SSSR count). The number of methoxy groups -OCH3 is 1. The molecule has 0 aliphatic heterocycles. The maximum absolute atomic E-state index is 14.0. The highest BCUT2D eigenvalue weighted by molar-refractivity contribution is 5.88. The number of ether oxygens (including phenoxy) is 3. The van der Waals surface area contributed by atoms with E-state index in [1.54, 1.807) is 48.1 Å². The minimum Gasteiger partial charge on any atom is -0.493 e. The van der Waals surface area contributed by atoms with Crippen LogP contribution in [0.4, 0.5) is 4.39 Å². The minimum atomic E-state index is -0.454. The highest BCUT2D eigenvalue weighted by atomic mass is 19.1. The van der Waals surface area contributed by atoms with Gasteiger partial charge in [-0.3, -0.25) is 15.0 Å². The van der Waals surface area contributed by atoms with Crippen LogP contribution in [0.1, 0.15) is 12.8 Å². The molecule has 164 valence electrons. The third-order valence-corrected chi connectivity index (χ3v) is 4.45. The summed E-state index contributed by atoms with van der Waals surface area (Å²) in [6, 6.07) is 11.4. The van der Waals surface area contributed by atoms with E-state index in [4.69, 9.17) is 19.4 Å². The van der Waals surface area contributed by atoms with Crippen molar-refractivity contribution >= 4 is 16.8 Å². The van der Waals surface area contributed by atoms with Gasteiger partial charge in [-0.05, 0) is 37.2 Å². The van der Waals surface area contributed by atoms with E-state index in [1.165, 1.54) is 13.2 Å². The van der Waals surface area contributed by atoms with Gasteiger partial charge in [0, 0.05) is 30.6 Å². The normalized spacial score (nSPS) is 10.7. The molecule has 0 aliphatic carbocycles. The number of nitrogens with one attached hydrogen (secondary N) is 2. The van der Waals surface area contributed by atoms with E-state index < -0.39 is 11.7 Å². The topological polar surface area (TPSA) is 102 Å². The van der Waals surface area contributed by atoms with Crippen LogP contribution in [0.2, 0.25) is 0 Å². The number of amides is 1. The van der Waals surface area contributed by atoms with Crippen molar-refractivity contribution in [2.24, 2.45) is 0 Å². The molecule has 0 aliphatic rings. The molecule has 31 heavy (non-hydrogen) atoms. The third-order valence-electron chi connectivity index (χ3n) is 4.45. The minimum absolute atomic E-state index is 0.123. The molecule has 0 spiro atoms. The molecule has 0 saturated carbocycles. The summed E-state index contributed by atoms with van der Waals surface area (Å²) in [7, 11) is 1.54. The van der Waals surface area contributed by atoms with Crippen LogP contribution in [0.15, 0.2) is 48.7 Å². The zero-order valence-electron chi connectivity index (χ0n) is 17.1. The number of carbonyl (C=O) groups excluding carboxylic acids is 1. The molecule has 1 heterocycles. The summed E-state index contributed by atoms with van der Waals surface area (Å²) in [6.45, 7) is 1.53. The van der Waals surface area contributed by atoms with Crippen molar-refractivity contribution in [2.75, 3.05) is 26.8 Å². The lowest BCUT2D eigenvalue weighted by Crippen LogP contribution is -2.26. The van der Waals surface area contributed by atoms with Crippen LogP contribution in [-0.2, 0) is 4.79 Å². The molecule has 1 amide bonds. The van der Waals surface area contributed by atoms with Gasteiger partial charge in [0.05, 0.1) is 19.2 Å². The highest BCUT2D eigenvalue weighted by Crippen LogP contribution is 2.37. The number of nitrogens with zero attached hydrogens (tertiary/aromatic N) is 1. The summed E-state index contributed by atoms with van der Waals surface area (Å²) in [4.78, 5) is 15.3. The van der Waals surface area contributed by atoms with Crippen molar-refractivity contribution in [1.29, 1.82) is 0 Å². The molecule has 0 radical (unpaired) electrons. The number of rotatable bonds is 11. The zero-order chi connectivity index (χ0) is 22.1. The number of halogens is 1. The lowest BCUT2D eigenvalue weighted by atomic mass is 10.1. The zero-order valence-corrected chi connectivity index (χ0v) is 17.1. The van der Waals surface area contributed by atoms with Gasteiger partial charge in [0.1, 0.15) is 5.75 Å². The second-order valence-corrected chi connectivity index (χ2v) is 6.60. The summed E-state index contributed by atoms with van der Waals surface area (Å²) in [6.07, 6.45) is 2.48. The second kappa shape index (κ2) is 11.1. The Kier molecular flexibility index (Phi) is 7.97. The molecule has 0 atom stereocenters. The maximum atomic E-state index is 14.0. The Labute approximate surface area is 178 Å². The van der Waals surface area contributed by atoms with E-state index in [2.05, 4.69) is 10.3 Å². The molecule has 0 unspecified atom stereocenters. The number of para-hydroxylation sites is 1. The summed E-state index contributed by atoms with van der Waals surface area (Å²) in [5.74, 6) is 0.728. The number of carbonyl (C=O) groups is 1. The Morgan fingerprint density at radius 3 is 2.71 bits per heavy atom. The molecular formula is C22H24FN3O5. The lowest BCUT2D eigenvalue weighted by Gasteiger charge is -2.14. The van der Waals surface area contributed by atoms with Crippen LogP contribution in [-0.4, -0.2) is 42.9 Å². The SMILES string of the molecule is COc1cc2c(Oc3ccccc3F)ccnc2cc1OCCCNCCC(=O)NO. The number of fused-ring (bicyclic) bond motifs is 1. The quantitative estimate of drug-likeness (QED) is 0.244. The molecule has 2 aromatic carbocycles. The number of hydrogen-bond donors (Lipinski definition) is 3. The number of benzene rings is 2. The van der Waals surface area contributed by atoms with Gasteiger partial charge in [-0.15, -0.1) is 0 Å². The summed E-state index contributed by atoms with van der Waals surface area (Å²) < 4.78 is 31.0. The largest absolute Gasteiger partial charge is 0.493 e. The van der Waals surface area contributed by atoms with Crippen molar-refractivity contribution in [3.8, 4) is 23.0 Å². The van der Waals surface area contributed by atoms with Crippen LogP contribution < -0.4 is 25.0 Å². The molecule has 1 aromatic heterocycles. The van der Waals surface area contributed by atoms with E-state index in [-0.39, 0.29) is 12.2 Å². The first-order chi connectivity index (χ1) is 15.1. The summed E-state index contributed by atoms with van der Waals surface area (Å²) in [5.41, 5.74) is 2.21. The predicted molar refractivity (Wildman–Crippen MR) is 112 cm³/mol. The Balaban J connectivity index is 1.65. The Morgan fingerprint density at radius 2 is 1.94 bits per heavy atom. The molecule has 3 N–H and O–H groups in total. The summed E-state index contributed by atoms with van der Waals surface area (Å²) >= 11 is 0. The van der Waals surface area contributed by atoms with Crippen LogP contribution in [0, 0.1) is 5.82 Å². The van der Waals surface area contributed by atoms with Crippen molar-refractivity contribution < 1.29 is 28.6 Å². The lowest BCUT2D eigenvalue weighted by molar-refractivity contribution is -0.129. The van der Waals surface area contributed by atoms with Crippen molar-refractivity contribution in [3.05, 3.63) is 54.5 Å². The Morgan fingerprint density at radius 1 is 1.10 bits per heavy atom. The van der Waals surface area contributed by atoms with E-state index in [0.717, 1.165) is 0 Å². The Hall–Kier alpha value is -3.43. The van der Waals surface area contributed by atoms with Gasteiger partial charge < -0.3 is 19.5 Å². The first-order valence-electron chi connectivity index (χ1n) is 9.78. The third kappa shape index (κ3) is 6.03. The van der Waals surface area contributed by atoms with E-state index in [9.17, 15) is 9.18 Å². The average Bonchev–Trinajstić information content (AvgIpc) is 2.79. The van der Waals surface area contributed by atoms with E-state index in [0.29, 0.717) is 54.3 Å². The van der Waals surface area contributed by atoms with Crippen LogP contribution >= 0.6 is 0 Å². The molecule has 0 fully saturated rings. The highest BCUT2D eigenvalue weighted by Gasteiger charge is 2.13. The average molecular weight is 429 g/mol. The van der Waals surface area contributed by atoms with Gasteiger partial charge >= 0.3 is 0 Å². The first-order valence-corrected chi connectivity index (χ1v) is 9.78. The van der Waals surface area contributed by atoms with Gasteiger partial charge in [0.25, 0.3) is 0 Å². The van der Waals surface area contributed by atoms with Gasteiger partial charge in [-0.1, -0.05) is 12.1 Å². The fourth-order valence-electron chi connectivity index (χ4n) is 2.90. The second-order valence-electron chi connectivity index (χ2n) is 6.60. The van der Waals surface area contributed by atoms with Gasteiger partial charge in [0.2, 0.25) is 5.91 Å². The number of hydrogen-bond acceptors (Lipinski definition) is 7. The molecule has 0 saturated heterocycles. The van der Waals surface area contributed by atoms with Crippen molar-refractivity contribution in [3.63, 3.8) is 0 Å². The monoisotopic (exact) mass is 429 g/mol. The van der Waals surface area contributed by atoms with Gasteiger partial charge in [0.15, 0.2) is 23.1 Å². The first kappa shape index (κ1) is 22.3.